The van der Waals surface area contributed by atoms with E-state index in [0.717, 1.165) is 25.9 Å². The van der Waals surface area contributed by atoms with Crippen molar-refractivity contribution in [3.8, 4) is 0 Å². The van der Waals surface area contributed by atoms with Crippen molar-refractivity contribution in [1.29, 1.82) is 0 Å². The molecule has 0 spiro atoms. The van der Waals surface area contributed by atoms with Crippen molar-refractivity contribution in [2.24, 2.45) is 10.4 Å². The predicted octanol–water partition coefficient (Wildman–Crippen LogP) is 1.47. The van der Waals surface area contributed by atoms with Crippen molar-refractivity contribution in [1.82, 2.24) is 16.0 Å². The fourth-order valence-corrected chi connectivity index (χ4v) is 2.60. The molecule has 1 amide bonds. The molecule has 0 saturated carbocycles. The van der Waals surface area contributed by atoms with E-state index in [2.05, 4.69) is 20.9 Å². The van der Waals surface area contributed by atoms with Gasteiger partial charge in [0, 0.05) is 45.3 Å². The molecule has 4 N–H and O–H groups in total. The van der Waals surface area contributed by atoms with Crippen LogP contribution in [0.2, 0.25) is 0 Å². The van der Waals surface area contributed by atoms with Gasteiger partial charge in [-0.25, -0.2) is 4.79 Å². The fraction of sp³-hybridized carbons (Fsp3) is 0.882. The molecule has 0 radical (unpaired) electrons. The van der Waals surface area contributed by atoms with E-state index in [0.29, 0.717) is 32.2 Å². The number of halogens is 1. The number of rotatable bonds is 8. The number of aliphatic hydroxyl groups is 1. The second-order valence-electron chi connectivity index (χ2n) is 7.41. The van der Waals surface area contributed by atoms with E-state index < -0.39 is 11.7 Å². The van der Waals surface area contributed by atoms with Crippen LogP contribution >= 0.6 is 24.0 Å². The van der Waals surface area contributed by atoms with Gasteiger partial charge >= 0.3 is 6.09 Å². The molecule has 0 aromatic carbocycles. The molecule has 154 valence electrons. The molecule has 0 aromatic rings. The van der Waals surface area contributed by atoms with E-state index in [-0.39, 0.29) is 36.0 Å². The molecule has 9 heteroatoms. The first-order valence-electron chi connectivity index (χ1n) is 8.90. The number of hydrogen-bond acceptors (Lipinski definition) is 5. The molecule has 0 aromatic heterocycles. The Kier molecular flexibility index (Phi) is 12.2. The molecule has 1 aliphatic heterocycles. The highest BCUT2D eigenvalue weighted by molar-refractivity contribution is 14.0. The maximum absolute atomic E-state index is 11.5. The Labute approximate surface area is 173 Å². The first-order chi connectivity index (χ1) is 11.8. The number of aliphatic imine (C=N–C) groups is 1. The number of nitrogens with zero attached hydrogens (tertiary/aromatic N) is 1. The number of guanidine groups is 1. The summed E-state index contributed by atoms with van der Waals surface area (Å²) in [6.07, 6.45) is 2.01. The van der Waals surface area contributed by atoms with Gasteiger partial charge in [0.15, 0.2) is 5.96 Å². The number of amides is 1. The Balaban J connectivity index is 0.00000625. The third-order valence-corrected chi connectivity index (χ3v) is 4.00. The molecule has 0 bridgehead atoms. The summed E-state index contributed by atoms with van der Waals surface area (Å²) < 4.78 is 10.7. The maximum Gasteiger partial charge on any atom is 0.407 e. The Hall–Kier alpha value is -0.810. The summed E-state index contributed by atoms with van der Waals surface area (Å²) in [5.41, 5.74) is -0.507. The molecular weight excluding hydrogens is 451 g/mol. The van der Waals surface area contributed by atoms with Crippen molar-refractivity contribution in [3.63, 3.8) is 0 Å². The van der Waals surface area contributed by atoms with Crippen LogP contribution in [0.4, 0.5) is 4.79 Å². The highest BCUT2D eigenvalue weighted by Crippen LogP contribution is 2.31. The van der Waals surface area contributed by atoms with Crippen LogP contribution in [0.25, 0.3) is 0 Å². The van der Waals surface area contributed by atoms with Gasteiger partial charge in [-0.1, -0.05) is 0 Å². The lowest BCUT2D eigenvalue weighted by atomic mass is 9.84. The summed E-state index contributed by atoms with van der Waals surface area (Å²) in [7, 11) is 1.72. The molecule has 26 heavy (non-hydrogen) atoms. The second kappa shape index (κ2) is 12.6. The minimum Gasteiger partial charge on any atom is -0.444 e. The van der Waals surface area contributed by atoms with Crippen LogP contribution in [-0.2, 0) is 9.47 Å². The van der Waals surface area contributed by atoms with Crippen LogP contribution in [0, 0.1) is 5.41 Å². The SMILES string of the molecule is CN=C(NCCCNC(=O)OC(C)(C)C)NCC1(CCO)CCOC1.I. The number of hydrogen-bond donors (Lipinski definition) is 4. The predicted molar refractivity (Wildman–Crippen MR) is 113 cm³/mol. The van der Waals surface area contributed by atoms with Gasteiger partial charge in [-0.15, -0.1) is 24.0 Å². The molecular formula is C17H35IN4O4. The Morgan fingerprint density at radius 2 is 1.96 bits per heavy atom. The second-order valence-corrected chi connectivity index (χ2v) is 7.41. The summed E-state index contributed by atoms with van der Waals surface area (Å²) in [6.45, 7) is 8.99. The number of aliphatic hydroxyl groups excluding tert-OH is 1. The van der Waals surface area contributed by atoms with Crippen LogP contribution in [0.1, 0.15) is 40.0 Å². The third-order valence-electron chi connectivity index (χ3n) is 4.00. The molecule has 1 atom stereocenters. The normalized spacial score (nSPS) is 20.3. The highest BCUT2D eigenvalue weighted by Gasteiger charge is 2.34. The van der Waals surface area contributed by atoms with E-state index in [1.807, 2.05) is 20.8 Å². The van der Waals surface area contributed by atoms with E-state index in [9.17, 15) is 9.90 Å². The molecule has 1 unspecified atom stereocenters. The van der Waals surface area contributed by atoms with Crippen LogP contribution in [0.3, 0.4) is 0 Å². The lowest BCUT2D eigenvalue weighted by molar-refractivity contribution is 0.0527. The summed E-state index contributed by atoms with van der Waals surface area (Å²) in [5.74, 6) is 0.710. The van der Waals surface area contributed by atoms with E-state index >= 15 is 0 Å². The van der Waals surface area contributed by atoms with Gasteiger partial charge in [0.1, 0.15) is 5.60 Å². The maximum atomic E-state index is 11.5. The van der Waals surface area contributed by atoms with Gasteiger partial charge in [0.05, 0.1) is 6.61 Å². The lowest BCUT2D eigenvalue weighted by Gasteiger charge is -2.27. The molecule has 0 aliphatic carbocycles. The topological polar surface area (TPSA) is 104 Å². The highest BCUT2D eigenvalue weighted by atomic mass is 127. The molecule has 1 saturated heterocycles. The molecule has 1 aliphatic rings. The number of nitrogens with one attached hydrogen (secondary N) is 3. The zero-order valence-corrected chi connectivity index (χ0v) is 18.7. The van der Waals surface area contributed by atoms with Crippen LogP contribution in [0.5, 0.6) is 0 Å². The minimum absolute atomic E-state index is 0. The Bertz CT molecular complexity index is 435. The molecule has 8 nitrogen and oxygen atoms in total. The van der Waals surface area contributed by atoms with E-state index in [1.54, 1.807) is 7.05 Å². The smallest absolute Gasteiger partial charge is 0.407 e. The Morgan fingerprint density at radius 1 is 1.27 bits per heavy atom. The standard InChI is InChI=1S/C17H34N4O4.HI/c1-16(2,3)25-15(23)20-9-5-8-19-14(18-4)21-12-17(6-10-22)7-11-24-13-17;/h22H,5-13H2,1-4H3,(H,20,23)(H2,18,19,21);1H. The van der Waals surface area contributed by atoms with Crippen molar-refractivity contribution in [2.75, 3.05) is 46.5 Å². The molecule has 1 heterocycles. The number of alkyl carbamates (subject to hydrolysis) is 1. The fourth-order valence-electron chi connectivity index (χ4n) is 2.60. The lowest BCUT2D eigenvalue weighted by Crippen LogP contribution is -2.45. The number of carbonyl (C=O) groups is 1. The van der Waals surface area contributed by atoms with Gasteiger partial charge < -0.3 is 30.5 Å². The first-order valence-corrected chi connectivity index (χ1v) is 8.90. The summed E-state index contributed by atoms with van der Waals surface area (Å²) in [6, 6.07) is 0. The Morgan fingerprint density at radius 3 is 2.50 bits per heavy atom. The average Bonchev–Trinajstić information content (AvgIpc) is 2.97. The van der Waals surface area contributed by atoms with E-state index in [1.165, 1.54) is 0 Å². The van der Waals surface area contributed by atoms with Crippen LogP contribution in [-0.4, -0.2) is 69.3 Å². The van der Waals surface area contributed by atoms with Gasteiger partial charge in [-0.3, -0.25) is 4.99 Å². The summed E-state index contributed by atoms with van der Waals surface area (Å²) >= 11 is 0. The minimum atomic E-state index is -0.483. The monoisotopic (exact) mass is 486 g/mol. The van der Waals surface area contributed by atoms with Crippen LogP contribution < -0.4 is 16.0 Å². The summed E-state index contributed by atoms with van der Waals surface area (Å²) in [4.78, 5) is 15.7. The quantitative estimate of drug-likeness (QED) is 0.179. The van der Waals surface area contributed by atoms with Gasteiger partial charge in [0.2, 0.25) is 0 Å². The van der Waals surface area contributed by atoms with Crippen LogP contribution in [0.15, 0.2) is 4.99 Å². The van der Waals surface area contributed by atoms with E-state index in [4.69, 9.17) is 9.47 Å². The van der Waals surface area contributed by atoms with Gasteiger partial charge in [0.25, 0.3) is 0 Å². The molecule has 1 fully saturated rings. The largest absolute Gasteiger partial charge is 0.444 e. The number of carbonyl (C=O) groups excluding carboxylic acids is 1. The number of ether oxygens (including phenoxy) is 2. The van der Waals surface area contributed by atoms with Crippen molar-refractivity contribution >= 4 is 36.0 Å². The zero-order chi connectivity index (χ0) is 18.8. The van der Waals surface area contributed by atoms with Gasteiger partial charge in [-0.2, -0.15) is 0 Å². The first kappa shape index (κ1) is 25.2. The molecule has 1 rings (SSSR count). The summed E-state index contributed by atoms with van der Waals surface area (Å²) in [5, 5.41) is 18.5. The van der Waals surface area contributed by atoms with Gasteiger partial charge in [-0.05, 0) is 40.0 Å². The zero-order valence-electron chi connectivity index (χ0n) is 16.4. The third kappa shape index (κ3) is 10.4. The average molecular weight is 486 g/mol. The van der Waals surface area contributed by atoms with Crippen molar-refractivity contribution in [3.05, 3.63) is 0 Å². The van der Waals surface area contributed by atoms with Crippen molar-refractivity contribution in [2.45, 2.75) is 45.6 Å². The van der Waals surface area contributed by atoms with Crippen molar-refractivity contribution < 1.29 is 19.4 Å².